The van der Waals surface area contributed by atoms with Crippen molar-refractivity contribution in [1.29, 1.82) is 0 Å². The van der Waals surface area contributed by atoms with Crippen LogP contribution in [0.5, 0.6) is 5.75 Å². The molecule has 3 saturated heterocycles. The first kappa shape index (κ1) is 20.5. The van der Waals surface area contributed by atoms with Crippen molar-refractivity contribution in [2.24, 2.45) is 0 Å². The van der Waals surface area contributed by atoms with Crippen LogP contribution in [-0.4, -0.2) is 85.6 Å². The smallest absolute Gasteiger partial charge is 0.119 e. The second kappa shape index (κ2) is 10.4. The first-order chi connectivity index (χ1) is 14.3. The molecule has 1 aromatic rings. The summed E-state index contributed by atoms with van der Waals surface area (Å²) in [5.41, 5.74) is 2.90. The van der Waals surface area contributed by atoms with E-state index in [2.05, 4.69) is 57.1 Å². The van der Waals surface area contributed by atoms with Gasteiger partial charge in [-0.3, -0.25) is 0 Å². The van der Waals surface area contributed by atoms with Crippen molar-refractivity contribution in [3.05, 3.63) is 41.7 Å². The van der Waals surface area contributed by atoms with E-state index in [9.17, 15) is 0 Å². The lowest BCUT2D eigenvalue weighted by atomic mass is 10.2. The fourth-order valence-corrected chi connectivity index (χ4v) is 4.62. The molecule has 5 heteroatoms. The maximum atomic E-state index is 5.98. The van der Waals surface area contributed by atoms with Crippen molar-refractivity contribution in [3.63, 3.8) is 0 Å². The third-order valence-corrected chi connectivity index (χ3v) is 6.52. The van der Waals surface area contributed by atoms with E-state index in [1.54, 1.807) is 0 Å². The van der Waals surface area contributed by atoms with E-state index in [4.69, 9.17) is 4.74 Å². The fourth-order valence-electron chi connectivity index (χ4n) is 4.62. The molecule has 5 nitrogen and oxygen atoms in total. The lowest BCUT2D eigenvalue weighted by Crippen LogP contribution is -2.44. The highest BCUT2D eigenvalue weighted by Crippen LogP contribution is 2.25. The van der Waals surface area contributed by atoms with Crippen LogP contribution in [0.2, 0.25) is 0 Å². The summed E-state index contributed by atoms with van der Waals surface area (Å²) in [6, 6.07) is 8.76. The molecule has 3 aliphatic rings. The van der Waals surface area contributed by atoms with Gasteiger partial charge in [-0.1, -0.05) is 12.1 Å². The third-order valence-electron chi connectivity index (χ3n) is 6.52. The minimum absolute atomic E-state index is 0.806. The number of hydrogen-bond donors (Lipinski definition) is 0. The van der Waals surface area contributed by atoms with Crippen LogP contribution in [0.3, 0.4) is 0 Å². The molecule has 0 bridgehead atoms. The van der Waals surface area contributed by atoms with Gasteiger partial charge in [0, 0.05) is 70.8 Å². The van der Waals surface area contributed by atoms with Crippen LogP contribution in [0.4, 0.5) is 0 Å². The van der Waals surface area contributed by atoms with Crippen molar-refractivity contribution < 1.29 is 4.74 Å². The van der Waals surface area contributed by atoms with Crippen LogP contribution in [0.25, 0.3) is 0 Å². The van der Waals surface area contributed by atoms with Gasteiger partial charge >= 0.3 is 0 Å². The number of rotatable bonds is 8. The molecule has 0 unspecified atom stereocenters. The number of benzene rings is 1. The van der Waals surface area contributed by atoms with Crippen molar-refractivity contribution in [3.8, 4) is 5.75 Å². The second-order valence-corrected chi connectivity index (χ2v) is 8.88. The Balaban J connectivity index is 1.19. The summed E-state index contributed by atoms with van der Waals surface area (Å²) in [7, 11) is 2.21. The molecule has 4 rings (SSSR count). The summed E-state index contributed by atoms with van der Waals surface area (Å²) in [4.78, 5) is 10.0. The molecule has 0 N–H and O–H groups in total. The standard InChI is InChI=1S/C24H38N4O/c1-25-15-17-26(18-16-25)13-5-19-29-24-9-7-22(8-10-24)20-28-14-4-6-23(28)21-27-11-2-3-12-27/h7-10,21H,2-6,11-20H2,1H3/b23-21+. The minimum atomic E-state index is 0.806. The number of likely N-dealkylation sites (N-methyl/N-ethyl adjacent to an activating group) is 1. The summed E-state index contributed by atoms with van der Waals surface area (Å²) in [5, 5.41) is 0. The van der Waals surface area contributed by atoms with Gasteiger partial charge in [0.25, 0.3) is 0 Å². The minimum Gasteiger partial charge on any atom is -0.494 e. The molecule has 0 saturated carbocycles. The van der Waals surface area contributed by atoms with E-state index >= 15 is 0 Å². The number of piperazine rings is 1. The van der Waals surface area contributed by atoms with Crippen LogP contribution in [-0.2, 0) is 6.54 Å². The van der Waals surface area contributed by atoms with Crippen LogP contribution in [0.15, 0.2) is 36.2 Å². The molecule has 3 heterocycles. The molecule has 160 valence electrons. The average molecular weight is 399 g/mol. The molecule has 0 amide bonds. The zero-order chi connectivity index (χ0) is 19.9. The van der Waals surface area contributed by atoms with Crippen molar-refractivity contribution in [1.82, 2.24) is 19.6 Å². The molecule has 0 radical (unpaired) electrons. The van der Waals surface area contributed by atoms with Gasteiger partial charge in [-0.2, -0.15) is 0 Å². The van der Waals surface area contributed by atoms with Gasteiger partial charge in [0.05, 0.1) is 6.61 Å². The summed E-state index contributed by atoms with van der Waals surface area (Å²) >= 11 is 0. The highest BCUT2D eigenvalue weighted by atomic mass is 16.5. The average Bonchev–Trinajstić information content (AvgIpc) is 3.41. The summed E-state index contributed by atoms with van der Waals surface area (Å²) in [6.07, 6.45) is 8.74. The van der Waals surface area contributed by atoms with Crippen molar-refractivity contribution >= 4 is 0 Å². The highest BCUT2D eigenvalue weighted by Gasteiger charge is 2.19. The quantitative estimate of drug-likeness (QED) is 0.625. The molecule has 29 heavy (non-hydrogen) atoms. The lowest BCUT2D eigenvalue weighted by Gasteiger charge is -2.32. The molecule has 0 aromatic heterocycles. The van der Waals surface area contributed by atoms with Crippen LogP contribution >= 0.6 is 0 Å². The van der Waals surface area contributed by atoms with Crippen molar-refractivity contribution in [2.45, 2.75) is 38.6 Å². The first-order valence-electron chi connectivity index (χ1n) is 11.6. The number of allylic oxidation sites excluding steroid dienone is 1. The zero-order valence-corrected chi connectivity index (χ0v) is 18.2. The molecule has 0 aliphatic carbocycles. The second-order valence-electron chi connectivity index (χ2n) is 8.88. The Morgan fingerprint density at radius 3 is 2.41 bits per heavy atom. The van der Waals surface area contributed by atoms with Crippen LogP contribution in [0.1, 0.15) is 37.7 Å². The van der Waals surface area contributed by atoms with E-state index in [0.717, 1.165) is 31.9 Å². The van der Waals surface area contributed by atoms with E-state index in [0.29, 0.717) is 0 Å². The SMILES string of the molecule is CN1CCN(CCCOc2ccc(CN3CCC/C3=C\N3CCCC3)cc2)CC1. The maximum Gasteiger partial charge on any atom is 0.119 e. The zero-order valence-electron chi connectivity index (χ0n) is 18.2. The number of ether oxygens (including phenoxy) is 1. The molecular formula is C24H38N4O. The first-order valence-corrected chi connectivity index (χ1v) is 11.6. The lowest BCUT2D eigenvalue weighted by molar-refractivity contribution is 0.145. The van der Waals surface area contributed by atoms with Crippen LogP contribution < -0.4 is 4.74 Å². The molecule has 3 fully saturated rings. The fraction of sp³-hybridized carbons (Fsp3) is 0.667. The Hall–Kier alpha value is -1.72. The van der Waals surface area contributed by atoms with E-state index in [1.165, 1.54) is 82.8 Å². The molecule has 0 atom stereocenters. The molecular weight excluding hydrogens is 360 g/mol. The summed E-state index contributed by atoms with van der Waals surface area (Å²) in [6.45, 7) is 11.4. The molecule has 0 spiro atoms. The predicted octanol–water partition coefficient (Wildman–Crippen LogP) is 3.24. The highest BCUT2D eigenvalue weighted by molar-refractivity contribution is 5.28. The van der Waals surface area contributed by atoms with E-state index in [-0.39, 0.29) is 0 Å². The van der Waals surface area contributed by atoms with Crippen molar-refractivity contribution in [2.75, 3.05) is 66.0 Å². The van der Waals surface area contributed by atoms with Gasteiger partial charge in [0.1, 0.15) is 5.75 Å². The maximum absolute atomic E-state index is 5.98. The van der Waals surface area contributed by atoms with Gasteiger partial charge < -0.3 is 24.3 Å². The normalized spacial score (nSPS) is 22.7. The third kappa shape index (κ3) is 6.13. The van der Waals surface area contributed by atoms with Gasteiger partial charge in [0.15, 0.2) is 0 Å². The largest absolute Gasteiger partial charge is 0.494 e. The van der Waals surface area contributed by atoms with Gasteiger partial charge in [-0.25, -0.2) is 0 Å². The topological polar surface area (TPSA) is 22.2 Å². The Kier molecular flexibility index (Phi) is 7.33. The Bertz CT molecular complexity index is 645. The Labute approximate surface area is 176 Å². The predicted molar refractivity (Wildman–Crippen MR) is 119 cm³/mol. The van der Waals surface area contributed by atoms with Gasteiger partial charge in [0.2, 0.25) is 0 Å². The van der Waals surface area contributed by atoms with E-state index in [1.807, 2.05) is 0 Å². The van der Waals surface area contributed by atoms with Gasteiger partial charge in [-0.05, 0) is 56.8 Å². The molecule has 3 aliphatic heterocycles. The number of likely N-dealkylation sites (tertiary alicyclic amines) is 2. The molecule has 1 aromatic carbocycles. The monoisotopic (exact) mass is 398 g/mol. The summed E-state index contributed by atoms with van der Waals surface area (Å²) in [5.74, 6) is 1.00. The Morgan fingerprint density at radius 2 is 1.66 bits per heavy atom. The number of hydrogen-bond acceptors (Lipinski definition) is 5. The number of nitrogens with zero attached hydrogens (tertiary/aromatic N) is 4. The Morgan fingerprint density at radius 1 is 0.897 bits per heavy atom. The van der Waals surface area contributed by atoms with Gasteiger partial charge in [-0.15, -0.1) is 0 Å². The summed E-state index contributed by atoms with van der Waals surface area (Å²) < 4.78 is 5.98. The van der Waals surface area contributed by atoms with Crippen LogP contribution in [0, 0.1) is 0 Å². The van der Waals surface area contributed by atoms with E-state index < -0.39 is 0 Å².